The maximum Gasteiger partial charge on any atom is 0.509 e. The first-order valence-corrected chi connectivity index (χ1v) is 16.5. The Morgan fingerprint density at radius 2 is 1.66 bits per heavy atom. The molecule has 3 rings (SSSR count). The van der Waals surface area contributed by atoms with Crippen LogP contribution in [0.1, 0.15) is 68.2 Å². The van der Waals surface area contributed by atoms with Crippen LogP contribution in [0.25, 0.3) is 0 Å². The van der Waals surface area contributed by atoms with Gasteiger partial charge in [0.15, 0.2) is 23.8 Å². The van der Waals surface area contributed by atoms with Crippen LogP contribution in [0.5, 0.6) is 0 Å². The number of nitrogens with zero attached hydrogens (tertiary/aromatic N) is 1. The molecule has 3 aliphatic rings. The summed E-state index contributed by atoms with van der Waals surface area (Å²) in [4.78, 5) is 55.8. The normalized spacial score (nSPS) is 43.9. The molecule has 13 heteroatoms. The third-order valence-corrected chi connectivity index (χ3v) is 10.3. The second kappa shape index (κ2) is 15.4. The number of carbonyl (C=O) groups is 4. The molecule has 0 aromatic rings. The Kier molecular flexibility index (Phi) is 12.8. The average molecular weight is 670 g/mol. The van der Waals surface area contributed by atoms with Crippen molar-refractivity contribution in [3.63, 3.8) is 0 Å². The first kappa shape index (κ1) is 39.0. The van der Waals surface area contributed by atoms with Gasteiger partial charge in [0.2, 0.25) is 0 Å². The Morgan fingerprint density at radius 3 is 2.21 bits per heavy atom. The molecule has 3 aliphatic heterocycles. The predicted octanol–water partition coefficient (Wildman–Crippen LogP) is 3.09. The van der Waals surface area contributed by atoms with Gasteiger partial charge < -0.3 is 43.2 Å². The molecule has 13 nitrogen and oxygen atoms in total. The van der Waals surface area contributed by atoms with Crippen LogP contribution >= 0.6 is 0 Å². The maximum absolute atomic E-state index is 14.1. The average Bonchev–Trinajstić information content (AvgIpc) is 3.34. The topological polar surface area (TPSA) is 156 Å². The van der Waals surface area contributed by atoms with Crippen LogP contribution in [0, 0.1) is 23.7 Å². The van der Waals surface area contributed by atoms with Crippen molar-refractivity contribution < 1.29 is 57.4 Å². The first-order chi connectivity index (χ1) is 21.9. The van der Waals surface area contributed by atoms with Crippen molar-refractivity contribution in [3.05, 3.63) is 12.7 Å². The maximum atomic E-state index is 14.1. The van der Waals surface area contributed by atoms with Crippen molar-refractivity contribution in [1.29, 1.82) is 0 Å². The quantitative estimate of drug-likeness (QED) is 0.229. The molecular weight excluding hydrogens is 614 g/mol. The molecule has 0 radical (unpaired) electrons. The SMILES string of the molecule is C=CCO[C@H]1[C@H](N(C)C)[C@@H](O)[C@H](O[C@@H]2[C@@H](C)C(=O)[C@@H](C)C(=O)O[C@H](CC)[C@@]3(C)OC(=O)O[C@@H]3[C@@H](C)C(=O)[C@H](C)C[C@]2(C)OC)O[C@@H]1C. The van der Waals surface area contributed by atoms with Gasteiger partial charge in [-0.3, -0.25) is 14.4 Å². The van der Waals surface area contributed by atoms with E-state index in [-0.39, 0.29) is 25.2 Å². The van der Waals surface area contributed by atoms with Crippen LogP contribution in [-0.2, 0) is 47.5 Å². The number of likely N-dealkylation sites (N-methyl/N-ethyl adjacent to an activating group) is 1. The Morgan fingerprint density at radius 1 is 1.02 bits per heavy atom. The Bertz CT molecular complexity index is 1160. The summed E-state index contributed by atoms with van der Waals surface area (Å²) < 4.78 is 41.7. The highest BCUT2D eigenvalue weighted by Crippen LogP contribution is 2.42. The van der Waals surface area contributed by atoms with Crippen molar-refractivity contribution in [2.24, 2.45) is 23.7 Å². The van der Waals surface area contributed by atoms with Crippen molar-refractivity contribution >= 4 is 23.7 Å². The molecule has 0 aromatic carbocycles. The van der Waals surface area contributed by atoms with Crippen LogP contribution in [0.2, 0.25) is 0 Å². The second-order valence-electron chi connectivity index (χ2n) is 13.9. The molecule has 1 N–H and O–H groups in total. The third kappa shape index (κ3) is 7.75. The van der Waals surface area contributed by atoms with E-state index in [1.54, 1.807) is 47.6 Å². The van der Waals surface area contributed by atoms with Crippen molar-refractivity contribution in [2.45, 2.75) is 128 Å². The number of methoxy groups -OCH3 is 1. The summed E-state index contributed by atoms with van der Waals surface area (Å²) in [7, 11) is 5.07. The lowest BCUT2D eigenvalue weighted by Crippen LogP contribution is -2.65. The molecule has 14 atom stereocenters. The monoisotopic (exact) mass is 669 g/mol. The minimum atomic E-state index is -1.47. The molecule has 268 valence electrons. The standard InChI is InChI=1S/C34H55NO12/c1-13-15-42-27-21(7)43-31(26(38)23(27)35(10)11)45-28-19(5)25(37)20(6)30(39)44-22(14-2)34(9)29(46-32(40)47-34)18(4)24(36)17(3)16-33(28,8)41-12/h13,17-23,26-29,31,38H,1,14-16H2,2-12H3/t17-,18+,19+,20-,21-,22-,23-,26-,27-,28-,29-,31+,33+,34-/m1/s1. The Hall–Kier alpha value is -2.42. The number of carbonyl (C=O) groups excluding carboxylic acids is 4. The molecule has 0 aliphatic carbocycles. The van der Waals surface area contributed by atoms with E-state index < -0.39 is 102 Å². The van der Waals surface area contributed by atoms with E-state index in [9.17, 15) is 24.3 Å². The highest BCUT2D eigenvalue weighted by atomic mass is 16.8. The fourth-order valence-electron chi connectivity index (χ4n) is 7.52. The van der Waals surface area contributed by atoms with Gasteiger partial charge in [-0.05, 0) is 54.6 Å². The fourth-order valence-corrected chi connectivity index (χ4v) is 7.52. The van der Waals surface area contributed by atoms with E-state index in [1.807, 2.05) is 25.9 Å². The molecule has 0 bridgehead atoms. The van der Waals surface area contributed by atoms with Crippen LogP contribution in [0.3, 0.4) is 0 Å². The number of Topliss-reactive ketones (excluding diaryl/α,β-unsaturated/α-hetero) is 2. The molecule has 47 heavy (non-hydrogen) atoms. The van der Waals surface area contributed by atoms with Gasteiger partial charge in [-0.2, -0.15) is 0 Å². The summed E-state index contributed by atoms with van der Waals surface area (Å²) in [6.45, 7) is 17.3. The van der Waals surface area contributed by atoms with Gasteiger partial charge >= 0.3 is 12.1 Å². The van der Waals surface area contributed by atoms with Gasteiger partial charge in [0, 0.05) is 18.9 Å². The smallest absolute Gasteiger partial charge is 0.457 e. The summed E-state index contributed by atoms with van der Waals surface area (Å²) in [5, 5.41) is 11.6. The van der Waals surface area contributed by atoms with Crippen molar-refractivity contribution in [2.75, 3.05) is 27.8 Å². The zero-order valence-corrected chi connectivity index (χ0v) is 29.7. The highest BCUT2D eigenvalue weighted by Gasteiger charge is 2.59. The van der Waals surface area contributed by atoms with Gasteiger partial charge in [-0.25, -0.2) is 4.79 Å². The number of esters is 1. The number of fused-ring (bicyclic) bond motifs is 1. The number of rotatable bonds is 8. The first-order valence-electron chi connectivity index (χ1n) is 16.5. The van der Waals surface area contributed by atoms with Crippen LogP contribution < -0.4 is 0 Å². The summed E-state index contributed by atoms with van der Waals surface area (Å²) >= 11 is 0. The molecule has 0 saturated carbocycles. The van der Waals surface area contributed by atoms with E-state index >= 15 is 0 Å². The highest BCUT2D eigenvalue weighted by molar-refractivity contribution is 6.00. The van der Waals surface area contributed by atoms with Gasteiger partial charge in [0.05, 0.1) is 36.4 Å². The van der Waals surface area contributed by atoms with Crippen molar-refractivity contribution in [1.82, 2.24) is 4.90 Å². The van der Waals surface area contributed by atoms with Gasteiger partial charge in [0.1, 0.15) is 30.0 Å². The van der Waals surface area contributed by atoms with Crippen LogP contribution in [0.4, 0.5) is 4.79 Å². The molecule has 3 fully saturated rings. The number of hydrogen-bond donors (Lipinski definition) is 1. The molecule has 3 saturated heterocycles. The lowest BCUT2D eigenvalue weighted by atomic mass is 9.74. The number of hydrogen-bond acceptors (Lipinski definition) is 13. The van der Waals surface area contributed by atoms with Crippen LogP contribution in [-0.4, -0.2) is 122 Å². The van der Waals surface area contributed by atoms with E-state index in [4.69, 9.17) is 33.2 Å². The van der Waals surface area contributed by atoms with E-state index in [0.29, 0.717) is 0 Å². The van der Waals surface area contributed by atoms with E-state index in [2.05, 4.69) is 6.58 Å². The fraction of sp³-hybridized carbons (Fsp3) is 0.824. The molecule has 0 amide bonds. The summed E-state index contributed by atoms with van der Waals surface area (Å²) in [6.07, 6.45) is -5.65. The van der Waals surface area contributed by atoms with E-state index in [1.165, 1.54) is 14.0 Å². The minimum absolute atomic E-state index is 0.0871. The van der Waals surface area contributed by atoms with E-state index in [0.717, 1.165) is 0 Å². The molecule has 3 heterocycles. The molecule has 0 spiro atoms. The predicted molar refractivity (Wildman–Crippen MR) is 169 cm³/mol. The summed E-state index contributed by atoms with van der Waals surface area (Å²) in [5.41, 5.74) is -2.77. The number of ketones is 2. The minimum Gasteiger partial charge on any atom is -0.457 e. The Labute approximate surface area is 278 Å². The lowest BCUT2D eigenvalue weighted by molar-refractivity contribution is -0.316. The largest absolute Gasteiger partial charge is 0.509 e. The van der Waals surface area contributed by atoms with Gasteiger partial charge in [-0.15, -0.1) is 6.58 Å². The summed E-state index contributed by atoms with van der Waals surface area (Å²) in [6, 6.07) is -0.547. The molecule has 0 unspecified atom stereocenters. The van der Waals surface area contributed by atoms with Gasteiger partial charge in [0.25, 0.3) is 0 Å². The van der Waals surface area contributed by atoms with Crippen LogP contribution in [0.15, 0.2) is 12.7 Å². The number of aliphatic hydroxyl groups excluding tert-OH is 1. The van der Waals surface area contributed by atoms with Crippen molar-refractivity contribution in [3.8, 4) is 0 Å². The number of cyclic esters (lactones) is 1. The Balaban J connectivity index is 2.08. The van der Waals surface area contributed by atoms with Gasteiger partial charge in [-0.1, -0.05) is 33.8 Å². The number of ether oxygens (including phenoxy) is 7. The number of aliphatic hydroxyl groups is 1. The molecule has 0 aromatic heterocycles. The summed E-state index contributed by atoms with van der Waals surface area (Å²) in [5.74, 6) is -5.31. The zero-order chi connectivity index (χ0) is 35.6. The zero-order valence-electron chi connectivity index (χ0n) is 29.7. The second-order valence-corrected chi connectivity index (χ2v) is 13.9. The third-order valence-electron chi connectivity index (χ3n) is 10.3. The molecular formula is C34H55NO12. The lowest BCUT2D eigenvalue weighted by Gasteiger charge is -2.49.